The Kier molecular flexibility index (Phi) is 16.3. The third kappa shape index (κ3) is 13.5. The average Bonchev–Trinajstić information content (AvgIpc) is 3.30. The number of aryl methyl sites for hydroxylation is 6. The molecule has 0 radical (unpaired) electrons. The molecule has 0 aliphatic carbocycles. The second-order valence-electron chi connectivity index (χ2n) is 16.0. The van der Waals surface area contributed by atoms with Crippen LogP contribution < -0.4 is 20.1 Å². The number of nitrogens with zero attached hydrogens (tertiary/aromatic N) is 8. The molecule has 0 spiro atoms. The molecule has 0 bridgehead atoms. The number of benzene rings is 6. The van der Waals surface area contributed by atoms with Gasteiger partial charge in [-0.3, -0.25) is 18.2 Å². The summed E-state index contributed by atoms with van der Waals surface area (Å²) in [7, 11) is -16.4. The lowest BCUT2D eigenvalue weighted by Crippen LogP contribution is -2.13. The van der Waals surface area contributed by atoms with E-state index >= 15 is 0 Å². The number of ether oxygens (including phenoxy) is 2. The molecule has 0 amide bonds. The molecule has 0 unspecified atom stereocenters. The van der Waals surface area contributed by atoms with Crippen LogP contribution in [0.1, 0.15) is 33.4 Å². The fourth-order valence-electron chi connectivity index (χ4n) is 6.74. The first-order chi connectivity index (χ1) is 34.1. The lowest BCUT2D eigenvalue weighted by molar-refractivity contribution is 0.416. The second-order valence-corrected chi connectivity index (χ2v) is 21.6. The van der Waals surface area contributed by atoms with E-state index in [1.165, 1.54) is 14.2 Å². The van der Waals surface area contributed by atoms with Gasteiger partial charge in [0.1, 0.15) is 32.7 Å². The highest BCUT2D eigenvalue weighted by molar-refractivity contribution is 7.87. The van der Waals surface area contributed by atoms with Gasteiger partial charge in [-0.1, -0.05) is 0 Å². The molecule has 6 rings (SSSR count). The average molecular weight is 1080 g/mol. The topological polar surface area (TPSA) is 359 Å². The summed E-state index contributed by atoms with van der Waals surface area (Å²) in [5, 5.41) is 40.5. The van der Waals surface area contributed by atoms with Gasteiger partial charge in [-0.25, -0.2) is 0 Å². The van der Waals surface area contributed by atoms with Crippen LogP contribution in [0.2, 0.25) is 0 Å². The van der Waals surface area contributed by atoms with Gasteiger partial charge in [0.05, 0.1) is 76.2 Å². The normalized spacial score (nSPS) is 12.7. The maximum atomic E-state index is 12.0. The Hall–Kier alpha value is -7.44. The standard InChI is InChI=1S/C45H46N10O14S4/c1-24-15-36(26(3)13-34(24)50-48-32-11-9-30(70(56,57)58)19-44(32)72(62,63)64)52-54-38-21-42(68-7)40(17-28(38)5)46-23-47-41-18-29(6)39(22-43(41)69-8)55-53-37-16-25(2)35(14-27(37)4)51-49-33-12-10-31(71(59,60)61)20-45(33)73(65,66)67/h9-22,46-47H,23H2,1-8H3,(H,56,57,58)(H,59,60,61)(H,62,63,64)(H,65,66,67). The van der Waals surface area contributed by atoms with E-state index in [4.69, 9.17) is 9.47 Å². The van der Waals surface area contributed by atoms with Crippen molar-refractivity contribution in [1.29, 1.82) is 0 Å². The van der Waals surface area contributed by atoms with Crippen molar-refractivity contribution in [3.63, 3.8) is 0 Å². The van der Waals surface area contributed by atoms with Gasteiger partial charge < -0.3 is 20.1 Å². The van der Waals surface area contributed by atoms with Crippen LogP contribution >= 0.6 is 0 Å². The van der Waals surface area contributed by atoms with Crippen molar-refractivity contribution in [2.75, 3.05) is 31.5 Å². The monoisotopic (exact) mass is 1080 g/mol. The van der Waals surface area contributed by atoms with E-state index in [1.807, 2.05) is 26.0 Å². The molecule has 73 heavy (non-hydrogen) atoms. The summed E-state index contributed by atoms with van der Waals surface area (Å²) in [5.74, 6) is 0.942. The van der Waals surface area contributed by atoms with Crippen LogP contribution in [0.25, 0.3) is 0 Å². The number of methoxy groups -OCH3 is 2. The van der Waals surface area contributed by atoms with Crippen LogP contribution in [0.3, 0.4) is 0 Å². The molecule has 0 aliphatic heterocycles. The van der Waals surface area contributed by atoms with Crippen LogP contribution in [0.4, 0.5) is 56.9 Å². The van der Waals surface area contributed by atoms with Gasteiger partial charge >= 0.3 is 0 Å². The Balaban J connectivity index is 1.13. The number of nitrogens with one attached hydrogen (secondary N) is 2. The summed E-state index contributed by atoms with van der Waals surface area (Å²) in [5.41, 5.74) is 7.15. The first kappa shape index (κ1) is 54.9. The van der Waals surface area contributed by atoms with Crippen LogP contribution in [0.15, 0.2) is 145 Å². The minimum Gasteiger partial charge on any atom is -0.495 e. The molecule has 0 saturated heterocycles. The summed E-state index contributed by atoms with van der Waals surface area (Å²) in [6.45, 7) is 10.9. The van der Waals surface area contributed by atoms with E-state index in [1.54, 1.807) is 64.1 Å². The molecule has 384 valence electrons. The van der Waals surface area contributed by atoms with Gasteiger partial charge in [-0.05, 0) is 148 Å². The first-order valence-corrected chi connectivity index (χ1v) is 26.8. The van der Waals surface area contributed by atoms with E-state index in [0.717, 1.165) is 35.4 Å². The Morgan fingerprint density at radius 3 is 0.890 bits per heavy atom. The van der Waals surface area contributed by atoms with E-state index in [2.05, 4.69) is 51.5 Å². The Bertz CT molecular complexity index is 3530. The SMILES string of the molecule is COc1cc(N=Nc2cc(C)c(N=Nc3ccc(S(=O)(=O)O)cc3S(=O)(=O)O)cc2C)c(C)cc1NCNc1cc(C)c(N=Nc2cc(C)c(N=Nc3ccc(S(=O)(=O)O)cc3S(=O)(=O)O)cc2C)cc1OC. The van der Waals surface area contributed by atoms with Gasteiger partial charge in [0, 0.05) is 12.1 Å². The maximum Gasteiger partial charge on any atom is 0.296 e. The second kappa shape index (κ2) is 21.7. The van der Waals surface area contributed by atoms with Gasteiger partial charge in [-0.2, -0.15) is 64.4 Å². The Labute approximate surface area is 420 Å². The van der Waals surface area contributed by atoms with Gasteiger partial charge in [0.25, 0.3) is 40.5 Å². The van der Waals surface area contributed by atoms with Gasteiger partial charge in [0.2, 0.25) is 0 Å². The largest absolute Gasteiger partial charge is 0.495 e. The van der Waals surface area contributed by atoms with Crippen LogP contribution in [-0.2, 0) is 40.5 Å². The molecular formula is C45H46N10O14S4. The third-order valence-corrected chi connectivity index (χ3v) is 14.2. The molecule has 0 fully saturated rings. The first-order valence-electron chi connectivity index (χ1n) is 21.0. The Morgan fingerprint density at radius 2 is 0.630 bits per heavy atom. The molecule has 6 N–H and O–H groups in total. The van der Waals surface area contributed by atoms with Gasteiger partial charge in [0.15, 0.2) is 0 Å². The van der Waals surface area contributed by atoms with Crippen molar-refractivity contribution in [1.82, 2.24) is 0 Å². The van der Waals surface area contributed by atoms with Crippen LogP contribution in [0.5, 0.6) is 11.5 Å². The zero-order valence-electron chi connectivity index (χ0n) is 39.9. The van der Waals surface area contributed by atoms with E-state index < -0.39 is 60.1 Å². The van der Waals surface area contributed by atoms with E-state index in [9.17, 15) is 51.9 Å². The predicted molar refractivity (Wildman–Crippen MR) is 268 cm³/mol. The van der Waals surface area contributed by atoms with Crippen LogP contribution in [-0.4, -0.2) is 72.8 Å². The third-order valence-electron chi connectivity index (χ3n) is 10.7. The van der Waals surface area contributed by atoms with Crippen molar-refractivity contribution < 1.29 is 61.4 Å². The lowest BCUT2D eigenvalue weighted by Gasteiger charge is -2.17. The maximum absolute atomic E-state index is 12.0. The molecule has 6 aromatic carbocycles. The van der Waals surface area contributed by atoms with Crippen molar-refractivity contribution in [3.05, 3.63) is 118 Å². The van der Waals surface area contributed by atoms with E-state index in [0.29, 0.717) is 91.4 Å². The molecular weight excluding hydrogens is 1030 g/mol. The molecule has 0 atom stereocenters. The predicted octanol–water partition coefficient (Wildman–Crippen LogP) is 11.7. The van der Waals surface area contributed by atoms with Crippen molar-refractivity contribution in [2.45, 2.75) is 61.1 Å². The summed E-state index contributed by atoms with van der Waals surface area (Å²) < 4.78 is 143. The van der Waals surface area contributed by atoms with Crippen molar-refractivity contribution in [2.24, 2.45) is 40.9 Å². The highest BCUT2D eigenvalue weighted by atomic mass is 32.2. The molecule has 6 aromatic rings. The summed E-state index contributed by atoms with van der Waals surface area (Å²) in [6, 6.07) is 18.7. The molecule has 0 heterocycles. The minimum atomic E-state index is -4.94. The number of rotatable bonds is 18. The zero-order chi connectivity index (χ0) is 53.8. The number of hydrogen-bond acceptors (Lipinski definition) is 20. The number of anilines is 2. The number of azo groups is 4. The Morgan fingerprint density at radius 1 is 0.370 bits per heavy atom. The minimum absolute atomic E-state index is 0.234. The highest BCUT2D eigenvalue weighted by Gasteiger charge is 2.23. The molecule has 24 nitrogen and oxygen atoms in total. The fraction of sp³-hybridized carbons (Fsp3) is 0.200. The van der Waals surface area contributed by atoms with Gasteiger partial charge in [-0.15, -0.1) is 10.2 Å². The van der Waals surface area contributed by atoms with Crippen molar-refractivity contribution >= 4 is 97.3 Å². The molecule has 0 aromatic heterocycles. The summed E-state index contributed by atoms with van der Waals surface area (Å²) in [6.07, 6.45) is 0. The highest BCUT2D eigenvalue weighted by Crippen LogP contribution is 2.39. The van der Waals surface area contributed by atoms with E-state index in [-0.39, 0.29) is 18.0 Å². The van der Waals surface area contributed by atoms with Crippen LogP contribution in [0, 0.1) is 41.5 Å². The fourth-order valence-corrected chi connectivity index (χ4v) is 9.20. The summed E-state index contributed by atoms with van der Waals surface area (Å²) in [4.78, 5) is -3.23. The zero-order valence-corrected chi connectivity index (χ0v) is 43.1. The molecule has 0 saturated carbocycles. The number of hydrogen-bond donors (Lipinski definition) is 6. The smallest absolute Gasteiger partial charge is 0.296 e. The lowest BCUT2D eigenvalue weighted by atomic mass is 10.1. The molecule has 28 heteroatoms. The quantitative estimate of drug-likeness (QED) is 0.0264. The van der Waals surface area contributed by atoms with Crippen molar-refractivity contribution in [3.8, 4) is 11.5 Å². The molecule has 0 aliphatic rings. The summed E-state index contributed by atoms with van der Waals surface area (Å²) >= 11 is 0.